The van der Waals surface area contributed by atoms with Crippen LogP contribution in [-0.2, 0) is 6.61 Å². The Morgan fingerprint density at radius 1 is 0.508 bits per heavy atom. The van der Waals surface area contributed by atoms with Crippen LogP contribution in [0.4, 0.5) is 39.5 Å². The van der Waals surface area contributed by atoms with Gasteiger partial charge in [0.05, 0.1) is 38.8 Å². The molecule has 0 unspecified atom stereocenters. The van der Waals surface area contributed by atoms with Crippen LogP contribution in [0.5, 0.6) is 5.75 Å². The fraction of sp³-hybridized carbons (Fsp3) is 0.0222. The number of H-pyrrole nitrogens is 2. The summed E-state index contributed by atoms with van der Waals surface area (Å²) in [5.41, 5.74) is 1.86. The summed E-state index contributed by atoms with van der Waals surface area (Å²) < 4.78 is 140. The molecule has 9 rings (SSSR count). The van der Waals surface area contributed by atoms with E-state index in [0.717, 1.165) is 0 Å². The standard InChI is InChI=1S/C45H22BrF9N4OS/c46-21-3-11-27(12-4-21)61-45-43(54)38(49)35(39(50)44(45)55)34-31-15-7-24(58-31)17-22-5-13-29(56-22)33(30-14-6-23(57-30)18-25-8-16-32(34)59-25)20-1-9-26(10-2-20)60-19-28-36(47)40(51)42(53)41(52)37(28)48/h1-18,56,59H,19H2. The summed E-state index contributed by atoms with van der Waals surface area (Å²) in [5.74, 6) is -16.7. The number of hydrogen-bond donors (Lipinski definition) is 2. The van der Waals surface area contributed by atoms with Gasteiger partial charge in [0.15, 0.2) is 46.5 Å². The normalized spacial score (nSPS) is 12.1. The molecule has 0 fully saturated rings. The molecule has 0 atom stereocenters. The van der Waals surface area contributed by atoms with Crippen LogP contribution in [0.1, 0.15) is 28.3 Å². The molecule has 3 aromatic heterocycles. The number of aromatic nitrogens is 4. The zero-order valence-corrected chi connectivity index (χ0v) is 33.0. The molecule has 0 saturated carbocycles. The zero-order valence-electron chi connectivity index (χ0n) is 30.6. The lowest BCUT2D eigenvalue weighted by Gasteiger charge is -2.13. The van der Waals surface area contributed by atoms with Gasteiger partial charge in [0.1, 0.15) is 12.4 Å². The molecule has 0 aliphatic carbocycles. The average Bonchev–Trinajstić information content (AvgIpc) is 4.10. The molecule has 5 heterocycles. The van der Waals surface area contributed by atoms with Gasteiger partial charge in [0.25, 0.3) is 0 Å². The molecule has 0 saturated heterocycles. The van der Waals surface area contributed by atoms with Crippen LogP contribution in [0.2, 0.25) is 0 Å². The van der Waals surface area contributed by atoms with E-state index in [2.05, 4.69) is 30.9 Å². The third-order valence-electron chi connectivity index (χ3n) is 9.73. The van der Waals surface area contributed by atoms with E-state index < -0.39 is 75.0 Å². The molecular weight excluding hydrogens is 895 g/mol. The highest BCUT2D eigenvalue weighted by Crippen LogP contribution is 2.42. The number of hydrogen-bond acceptors (Lipinski definition) is 4. The van der Waals surface area contributed by atoms with Crippen molar-refractivity contribution in [1.29, 1.82) is 0 Å². The van der Waals surface area contributed by atoms with Crippen LogP contribution in [0, 0.1) is 52.4 Å². The number of nitrogens with zero attached hydrogens (tertiary/aromatic N) is 2. The number of aromatic amines is 2. The number of ether oxygens (including phenoxy) is 1. The Morgan fingerprint density at radius 2 is 1.02 bits per heavy atom. The van der Waals surface area contributed by atoms with Crippen molar-refractivity contribution in [3.05, 3.63) is 170 Å². The smallest absolute Gasteiger partial charge is 0.200 e. The van der Waals surface area contributed by atoms with Crippen molar-refractivity contribution in [3.63, 3.8) is 0 Å². The molecule has 61 heavy (non-hydrogen) atoms. The van der Waals surface area contributed by atoms with E-state index in [1.807, 2.05) is 0 Å². The van der Waals surface area contributed by atoms with Gasteiger partial charge in [-0.25, -0.2) is 49.5 Å². The highest BCUT2D eigenvalue weighted by molar-refractivity contribution is 9.10. The molecule has 2 N–H and O–H groups in total. The number of rotatable bonds is 7. The Bertz CT molecular complexity index is 3130. The highest BCUT2D eigenvalue weighted by atomic mass is 79.9. The van der Waals surface area contributed by atoms with Crippen molar-refractivity contribution in [2.24, 2.45) is 0 Å². The Balaban J connectivity index is 1.14. The first kappa shape index (κ1) is 39.9. The fourth-order valence-corrected chi connectivity index (χ4v) is 7.96. The van der Waals surface area contributed by atoms with Crippen LogP contribution < -0.4 is 4.74 Å². The van der Waals surface area contributed by atoms with Gasteiger partial charge in [0.2, 0.25) is 5.82 Å². The van der Waals surface area contributed by atoms with E-state index >= 15 is 17.6 Å². The SMILES string of the molecule is Fc1c(F)c(F)c(COc2ccc(-c3c4nc(cc5ccc([nH]5)c(-c5c(F)c(F)c(Sc6ccc(Br)cc6)c(F)c5F)c5nc(cc6ccc3[nH]6)C=C5)C=C4)cc2)c(F)c1F. The minimum atomic E-state index is -2.27. The second kappa shape index (κ2) is 15.8. The maximum atomic E-state index is 16.2. The van der Waals surface area contributed by atoms with E-state index in [0.29, 0.717) is 65.9 Å². The van der Waals surface area contributed by atoms with Crippen LogP contribution >= 0.6 is 27.7 Å². The predicted octanol–water partition coefficient (Wildman–Crippen LogP) is 13.7. The molecule has 0 spiro atoms. The summed E-state index contributed by atoms with van der Waals surface area (Å²) in [7, 11) is 0. The Hall–Kier alpha value is -6.52. The second-order valence-electron chi connectivity index (χ2n) is 13.6. The van der Waals surface area contributed by atoms with Gasteiger partial charge in [-0.15, -0.1) is 0 Å². The van der Waals surface area contributed by atoms with Crippen molar-refractivity contribution >= 4 is 74.1 Å². The van der Waals surface area contributed by atoms with Gasteiger partial charge in [0, 0.05) is 42.6 Å². The zero-order chi connectivity index (χ0) is 42.7. The summed E-state index contributed by atoms with van der Waals surface area (Å²) in [6.45, 7) is -0.936. The summed E-state index contributed by atoms with van der Waals surface area (Å²) in [6, 6.07) is 22.4. The summed E-state index contributed by atoms with van der Waals surface area (Å²) in [4.78, 5) is 15.3. The number of fused-ring (bicyclic) bond motifs is 8. The van der Waals surface area contributed by atoms with Gasteiger partial charge in [-0.05, 0) is 103 Å². The molecule has 7 aromatic rings. The second-order valence-corrected chi connectivity index (χ2v) is 15.6. The Labute approximate surface area is 351 Å². The molecular formula is C45H22BrF9N4OS. The van der Waals surface area contributed by atoms with E-state index in [1.54, 1.807) is 85.0 Å². The Kier molecular flexibility index (Phi) is 10.4. The first-order valence-corrected chi connectivity index (χ1v) is 19.6. The van der Waals surface area contributed by atoms with E-state index in [1.165, 1.54) is 24.3 Å². The van der Waals surface area contributed by atoms with Gasteiger partial charge < -0.3 is 14.7 Å². The van der Waals surface area contributed by atoms with Crippen molar-refractivity contribution in [2.75, 3.05) is 0 Å². The summed E-state index contributed by atoms with van der Waals surface area (Å²) >= 11 is 3.83. The van der Waals surface area contributed by atoms with Crippen molar-refractivity contribution < 1.29 is 44.3 Å². The van der Waals surface area contributed by atoms with Crippen molar-refractivity contribution in [3.8, 4) is 28.0 Å². The van der Waals surface area contributed by atoms with Gasteiger partial charge in [-0.1, -0.05) is 39.8 Å². The lowest BCUT2D eigenvalue weighted by molar-refractivity contribution is 0.279. The van der Waals surface area contributed by atoms with Gasteiger partial charge >= 0.3 is 0 Å². The Morgan fingerprint density at radius 3 is 1.57 bits per heavy atom. The third kappa shape index (κ3) is 7.39. The van der Waals surface area contributed by atoms with Gasteiger partial charge in [-0.3, -0.25) is 0 Å². The maximum absolute atomic E-state index is 16.2. The highest BCUT2D eigenvalue weighted by Gasteiger charge is 2.30. The number of benzene rings is 4. The lowest BCUT2D eigenvalue weighted by atomic mass is 10.0. The molecule has 2 aliphatic rings. The predicted molar refractivity (Wildman–Crippen MR) is 218 cm³/mol. The fourth-order valence-electron chi connectivity index (χ4n) is 6.83. The number of halogens is 10. The maximum Gasteiger partial charge on any atom is 0.200 e. The topological polar surface area (TPSA) is 66.6 Å². The molecule has 16 heteroatoms. The van der Waals surface area contributed by atoms with Crippen LogP contribution in [0.15, 0.2) is 99.2 Å². The van der Waals surface area contributed by atoms with Crippen LogP contribution in [0.25, 0.3) is 68.6 Å². The molecule has 2 aliphatic heterocycles. The molecule has 304 valence electrons. The average molecular weight is 918 g/mol. The van der Waals surface area contributed by atoms with E-state index in [-0.39, 0.29) is 22.5 Å². The van der Waals surface area contributed by atoms with Crippen LogP contribution in [0.3, 0.4) is 0 Å². The molecule has 0 radical (unpaired) electrons. The molecule has 0 amide bonds. The summed E-state index contributed by atoms with van der Waals surface area (Å²) in [6.07, 6.45) is 6.51. The monoisotopic (exact) mass is 916 g/mol. The summed E-state index contributed by atoms with van der Waals surface area (Å²) in [5, 5.41) is 0. The van der Waals surface area contributed by atoms with E-state index in [9.17, 15) is 22.0 Å². The quantitative estimate of drug-likeness (QED) is 0.0950. The minimum Gasteiger partial charge on any atom is -0.489 e. The molecule has 4 aromatic carbocycles. The third-order valence-corrected chi connectivity index (χ3v) is 11.3. The molecule has 5 nitrogen and oxygen atoms in total. The van der Waals surface area contributed by atoms with Crippen molar-refractivity contribution in [1.82, 2.24) is 19.9 Å². The molecule has 8 bridgehead atoms. The largest absolute Gasteiger partial charge is 0.489 e. The minimum absolute atomic E-state index is 0.0203. The van der Waals surface area contributed by atoms with E-state index in [4.69, 9.17) is 9.72 Å². The first-order valence-electron chi connectivity index (χ1n) is 18.0. The van der Waals surface area contributed by atoms with Crippen LogP contribution in [-0.4, -0.2) is 19.9 Å². The first-order chi connectivity index (χ1) is 29.3. The number of nitrogens with one attached hydrogen (secondary N) is 2. The lowest BCUT2D eigenvalue weighted by Crippen LogP contribution is -2.09. The van der Waals surface area contributed by atoms with Crippen molar-refractivity contribution in [2.45, 2.75) is 16.4 Å². The van der Waals surface area contributed by atoms with Gasteiger partial charge in [-0.2, -0.15) is 0 Å².